The SMILES string of the molecule is Cc1cc(F)ccc1-c1nc(=S)c(Br)c(C(C)C)[nH]1. The third kappa shape index (κ3) is 2.92. The maximum Gasteiger partial charge on any atom is 0.144 e. The Morgan fingerprint density at radius 2 is 2.05 bits per heavy atom. The standard InChI is InChI=1S/C14H14BrFN2S/c1-7(2)12-11(15)14(19)18-13(17-12)10-5-4-9(16)6-8(10)3/h4-7H,1-3H3,(H,17,18,19). The number of H-pyrrole nitrogens is 1. The minimum Gasteiger partial charge on any atom is -0.342 e. The summed E-state index contributed by atoms with van der Waals surface area (Å²) in [5, 5.41) is 0. The number of hydrogen-bond donors (Lipinski definition) is 1. The number of aromatic amines is 1. The van der Waals surface area contributed by atoms with E-state index in [0.717, 1.165) is 21.3 Å². The molecule has 1 aromatic heterocycles. The van der Waals surface area contributed by atoms with Crippen molar-refractivity contribution in [2.45, 2.75) is 26.7 Å². The lowest BCUT2D eigenvalue weighted by Gasteiger charge is -2.12. The van der Waals surface area contributed by atoms with Crippen LogP contribution in [0, 0.1) is 17.4 Å². The second-order valence-electron chi connectivity index (χ2n) is 4.73. The molecule has 1 aromatic carbocycles. The van der Waals surface area contributed by atoms with Crippen LogP contribution in [0.1, 0.15) is 31.0 Å². The van der Waals surface area contributed by atoms with E-state index in [-0.39, 0.29) is 5.82 Å². The predicted molar refractivity (Wildman–Crippen MR) is 81.3 cm³/mol. The normalized spacial score (nSPS) is 11.1. The van der Waals surface area contributed by atoms with E-state index >= 15 is 0 Å². The largest absolute Gasteiger partial charge is 0.342 e. The Kier molecular flexibility index (Phi) is 4.16. The smallest absolute Gasteiger partial charge is 0.144 e. The summed E-state index contributed by atoms with van der Waals surface area (Å²) in [6, 6.07) is 4.64. The van der Waals surface area contributed by atoms with Crippen LogP contribution < -0.4 is 0 Å². The van der Waals surface area contributed by atoms with E-state index in [1.165, 1.54) is 12.1 Å². The quantitative estimate of drug-likeness (QED) is 0.766. The fourth-order valence-corrected chi connectivity index (χ4v) is 2.74. The molecule has 0 aliphatic carbocycles. The molecule has 2 rings (SSSR count). The van der Waals surface area contributed by atoms with Crippen molar-refractivity contribution in [2.75, 3.05) is 0 Å². The molecule has 100 valence electrons. The van der Waals surface area contributed by atoms with Crippen molar-refractivity contribution >= 4 is 28.1 Å². The zero-order chi connectivity index (χ0) is 14.2. The van der Waals surface area contributed by atoms with E-state index in [1.807, 2.05) is 6.92 Å². The third-order valence-corrected chi connectivity index (χ3v) is 4.27. The lowest BCUT2D eigenvalue weighted by molar-refractivity contribution is 0.627. The van der Waals surface area contributed by atoms with Gasteiger partial charge in [-0.25, -0.2) is 9.37 Å². The second-order valence-corrected chi connectivity index (χ2v) is 5.91. The van der Waals surface area contributed by atoms with Crippen molar-refractivity contribution in [3.8, 4) is 11.4 Å². The van der Waals surface area contributed by atoms with Crippen LogP contribution in [-0.4, -0.2) is 9.97 Å². The lowest BCUT2D eigenvalue weighted by atomic mass is 10.1. The van der Waals surface area contributed by atoms with Crippen LogP contribution in [0.3, 0.4) is 0 Å². The minimum absolute atomic E-state index is 0.249. The van der Waals surface area contributed by atoms with Crippen LogP contribution in [0.4, 0.5) is 4.39 Å². The van der Waals surface area contributed by atoms with E-state index < -0.39 is 0 Å². The van der Waals surface area contributed by atoms with Crippen LogP contribution in [0.15, 0.2) is 22.7 Å². The Balaban J connectivity index is 2.66. The highest BCUT2D eigenvalue weighted by atomic mass is 79.9. The Hall–Kier alpha value is -1.07. The first-order valence-corrected chi connectivity index (χ1v) is 7.16. The average molecular weight is 341 g/mol. The molecule has 0 saturated heterocycles. The van der Waals surface area contributed by atoms with Crippen LogP contribution in [0.25, 0.3) is 11.4 Å². The zero-order valence-corrected chi connectivity index (χ0v) is 13.3. The van der Waals surface area contributed by atoms with Crippen molar-refractivity contribution in [1.82, 2.24) is 9.97 Å². The molecular weight excluding hydrogens is 327 g/mol. The molecule has 0 spiro atoms. The molecule has 0 fully saturated rings. The second kappa shape index (κ2) is 5.51. The summed E-state index contributed by atoms with van der Waals surface area (Å²) in [5.74, 6) is 0.717. The maximum absolute atomic E-state index is 13.2. The van der Waals surface area contributed by atoms with E-state index in [2.05, 4.69) is 39.7 Å². The van der Waals surface area contributed by atoms with Crippen molar-refractivity contribution < 1.29 is 4.39 Å². The van der Waals surface area contributed by atoms with Crippen molar-refractivity contribution in [3.63, 3.8) is 0 Å². The summed E-state index contributed by atoms with van der Waals surface area (Å²) in [6.45, 7) is 6.01. The molecular formula is C14H14BrFN2S. The van der Waals surface area contributed by atoms with Gasteiger partial charge in [0.05, 0.1) is 4.47 Å². The Bertz CT molecular complexity index is 680. The van der Waals surface area contributed by atoms with Gasteiger partial charge in [-0.2, -0.15) is 0 Å². The van der Waals surface area contributed by atoms with Crippen molar-refractivity contribution in [1.29, 1.82) is 0 Å². The van der Waals surface area contributed by atoms with E-state index in [9.17, 15) is 4.39 Å². The number of halogens is 2. The molecule has 2 aromatic rings. The van der Waals surface area contributed by atoms with Crippen molar-refractivity contribution in [3.05, 3.63) is 44.4 Å². The maximum atomic E-state index is 13.2. The molecule has 0 aliphatic heterocycles. The summed E-state index contributed by atoms with van der Waals surface area (Å²) in [4.78, 5) is 7.65. The van der Waals surface area contributed by atoms with Crippen molar-refractivity contribution in [2.24, 2.45) is 0 Å². The molecule has 0 aliphatic rings. The molecule has 1 heterocycles. The lowest BCUT2D eigenvalue weighted by Crippen LogP contribution is -2.01. The molecule has 5 heteroatoms. The molecule has 2 nitrogen and oxygen atoms in total. The van der Waals surface area contributed by atoms with Gasteiger partial charge in [-0.05, 0) is 52.5 Å². The molecule has 0 saturated carbocycles. The average Bonchev–Trinajstić information content (AvgIpc) is 2.32. The van der Waals surface area contributed by atoms with Gasteiger partial charge in [0.15, 0.2) is 0 Å². The summed E-state index contributed by atoms with van der Waals surface area (Å²) >= 11 is 8.72. The number of nitrogens with one attached hydrogen (secondary N) is 1. The van der Waals surface area contributed by atoms with Gasteiger partial charge < -0.3 is 4.98 Å². The summed E-state index contributed by atoms with van der Waals surface area (Å²) < 4.78 is 14.5. The first kappa shape index (κ1) is 14.3. The van der Waals surface area contributed by atoms with E-state index in [0.29, 0.717) is 16.4 Å². The Morgan fingerprint density at radius 3 is 2.63 bits per heavy atom. The first-order valence-electron chi connectivity index (χ1n) is 5.96. The third-order valence-electron chi connectivity index (χ3n) is 2.91. The highest BCUT2D eigenvalue weighted by Gasteiger charge is 2.12. The number of rotatable bonds is 2. The fourth-order valence-electron chi connectivity index (χ4n) is 1.89. The van der Waals surface area contributed by atoms with Gasteiger partial charge in [-0.15, -0.1) is 0 Å². The molecule has 0 bridgehead atoms. The number of aromatic nitrogens is 2. The first-order chi connectivity index (χ1) is 8.90. The molecule has 19 heavy (non-hydrogen) atoms. The van der Waals surface area contributed by atoms with Crippen LogP contribution in [-0.2, 0) is 0 Å². The van der Waals surface area contributed by atoms with E-state index in [4.69, 9.17) is 12.2 Å². The number of hydrogen-bond acceptors (Lipinski definition) is 2. The molecule has 1 N–H and O–H groups in total. The molecule has 0 radical (unpaired) electrons. The minimum atomic E-state index is -0.249. The Labute approximate surface area is 125 Å². The summed E-state index contributed by atoms with van der Waals surface area (Å²) in [6.07, 6.45) is 0. The molecule has 0 amide bonds. The monoisotopic (exact) mass is 340 g/mol. The van der Waals surface area contributed by atoms with Crippen LogP contribution in [0.2, 0.25) is 0 Å². The summed E-state index contributed by atoms with van der Waals surface area (Å²) in [5.41, 5.74) is 2.69. The van der Waals surface area contributed by atoms with Gasteiger partial charge in [0, 0.05) is 11.3 Å². The number of aryl methyl sites for hydroxylation is 1. The fraction of sp³-hybridized carbons (Fsp3) is 0.286. The van der Waals surface area contributed by atoms with Gasteiger partial charge in [0.1, 0.15) is 16.3 Å². The van der Waals surface area contributed by atoms with Gasteiger partial charge in [-0.1, -0.05) is 26.1 Å². The zero-order valence-electron chi connectivity index (χ0n) is 10.9. The van der Waals surface area contributed by atoms with Gasteiger partial charge in [0.2, 0.25) is 0 Å². The van der Waals surface area contributed by atoms with Crippen LogP contribution in [0.5, 0.6) is 0 Å². The number of benzene rings is 1. The highest BCUT2D eigenvalue weighted by molar-refractivity contribution is 9.10. The van der Waals surface area contributed by atoms with E-state index in [1.54, 1.807) is 6.07 Å². The predicted octanol–water partition coefficient (Wildman–Crippen LogP) is 5.14. The highest BCUT2D eigenvalue weighted by Crippen LogP contribution is 2.27. The molecule has 0 unspecified atom stereocenters. The van der Waals surface area contributed by atoms with Gasteiger partial charge in [-0.3, -0.25) is 0 Å². The van der Waals surface area contributed by atoms with Gasteiger partial charge in [0.25, 0.3) is 0 Å². The topological polar surface area (TPSA) is 28.7 Å². The van der Waals surface area contributed by atoms with Crippen LogP contribution >= 0.6 is 28.1 Å². The molecule has 0 atom stereocenters. The number of nitrogens with zero attached hydrogens (tertiary/aromatic N) is 1. The summed E-state index contributed by atoms with van der Waals surface area (Å²) in [7, 11) is 0. The Morgan fingerprint density at radius 1 is 1.37 bits per heavy atom. The van der Waals surface area contributed by atoms with Gasteiger partial charge >= 0.3 is 0 Å².